The van der Waals surface area contributed by atoms with E-state index in [2.05, 4.69) is 4.98 Å². The number of halogens is 2. The number of nitrogens with zero attached hydrogens (tertiary/aromatic N) is 2. The molecule has 3 aromatic rings. The third-order valence-corrected chi connectivity index (χ3v) is 4.49. The summed E-state index contributed by atoms with van der Waals surface area (Å²) in [5, 5.41) is 13.1. The normalized spacial score (nSPS) is 13.0. The lowest BCUT2D eigenvalue weighted by molar-refractivity contribution is 0.177. The highest BCUT2D eigenvalue weighted by Gasteiger charge is 2.16. The minimum Gasteiger partial charge on any atom is -0.388 e. The van der Waals surface area contributed by atoms with Crippen molar-refractivity contribution in [2.45, 2.75) is 12.5 Å². The van der Waals surface area contributed by atoms with E-state index in [4.69, 9.17) is 23.2 Å². The third kappa shape index (κ3) is 2.49. The Kier molecular flexibility index (Phi) is 3.50. The van der Waals surface area contributed by atoms with Gasteiger partial charge in [-0.25, -0.2) is 4.98 Å². The Morgan fingerprint density at radius 3 is 3.00 bits per heavy atom. The summed E-state index contributed by atoms with van der Waals surface area (Å²) in [7, 11) is 0. The number of hydrogen-bond donors (Lipinski definition) is 1. The van der Waals surface area contributed by atoms with Crippen molar-refractivity contribution in [3.63, 3.8) is 0 Å². The molecule has 2 aromatic heterocycles. The number of aromatic nitrogens is 2. The van der Waals surface area contributed by atoms with Gasteiger partial charge in [-0.1, -0.05) is 35.3 Å². The van der Waals surface area contributed by atoms with Gasteiger partial charge >= 0.3 is 0 Å². The molecule has 0 aliphatic rings. The maximum absolute atomic E-state index is 10.3. The molecule has 6 heteroatoms. The molecule has 98 valence electrons. The van der Waals surface area contributed by atoms with Crippen molar-refractivity contribution in [2.24, 2.45) is 0 Å². The number of fused-ring (bicyclic) bond motifs is 1. The van der Waals surface area contributed by atoms with Gasteiger partial charge in [-0.3, -0.25) is 4.40 Å². The van der Waals surface area contributed by atoms with Gasteiger partial charge in [0.25, 0.3) is 0 Å². The molecule has 3 rings (SSSR count). The van der Waals surface area contributed by atoms with Gasteiger partial charge in [0.05, 0.1) is 21.8 Å². The Bertz CT molecular complexity index is 694. The molecule has 1 unspecified atom stereocenters. The molecule has 0 bridgehead atoms. The fourth-order valence-electron chi connectivity index (χ4n) is 1.96. The van der Waals surface area contributed by atoms with E-state index in [0.717, 1.165) is 10.7 Å². The Hall–Kier alpha value is -1.07. The quantitative estimate of drug-likeness (QED) is 0.794. The van der Waals surface area contributed by atoms with Crippen molar-refractivity contribution in [1.82, 2.24) is 9.38 Å². The van der Waals surface area contributed by atoms with E-state index in [1.165, 1.54) is 0 Å². The van der Waals surface area contributed by atoms with Crippen molar-refractivity contribution in [2.75, 3.05) is 0 Å². The van der Waals surface area contributed by atoms with Crippen LogP contribution in [-0.4, -0.2) is 14.5 Å². The monoisotopic (exact) mass is 312 g/mol. The topological polar surface area (TPSA) is 37.5 Å². The molecule has 0 saturated heterocycles. The van der Waals surface area contributed by atoms with E-state index in [9.17, 15) is 5.11 Å². The Labute approximate surface area is 124 Å². The molecule has 0 amide bonds. The van der Waals surface area contributed by atoms with Gasteiger partial charge in [0.15, 0.2) is 4.96 Å². The number of thiazole rings is 1. The van der Waals surface area contributed by atoms with Crippen LogP contribution < -0.4 is 0 Å². The number of aliphatic hydroxyl groups is 1. The first-order chi connectivity index (χ1) is 9.15. The van der Waals surface area contributed by atoms with Gasteiger partial charge in [0.2, 0.25) is 0 Å². The summed E-state index contributed by atoms with van der Waals surface area (Å²) >= 11 is 13.6. The van der Waals surface area contributed by atoms with Crippen LogP contribution in [0.25, 0.3) is 4.96 Å². The second-order valence-electron chi connectivity index (χ2n) is 4.19. The van der Waals surface area contributed by atoms with Crippen LogP contribution in [0.15, 0.2) is 36.0 Å². The highest BCUT2D eigenvalue weighted by Crippen LogP contribution is 2.31. The lowest BCUT2D eigenvalue weighted by Gasteiger charge is -2.12. The van der Waals surface area contributed by atoms with E-state index in [1.807, 2.05) is 22.2 Å². The number of imidazole rings is 1. The van der Waals surface area contributed by atoms with Gasteiger partial charge in [-0.2, -0.15) is 0 Å². The number of aliphatic hydroxyl groups excluding tert-OH is 1. The highest BCUT2D eigenvalue weighted by molar-refractivity contribution is 7.15. The summed E-state index contributed by atoms with van der Waals surface area (Å²) in [5.41, 5.74) is 1.46. The smallest absolute Gasteiger partial charge is 0.193 e. The SMILES string of the molecule is OC(Cc1cn2ccsc2n1)c1cccc(Cl)c1Cl. The maximum atomic E-state index is 10.3. The molecule has 0 radical (unpaired) electrons. The lowest BCUT2D eigenvalue weighted by Crippen LogP contribution is -2.03. The van der Waals surface area contributed by atoms with E-state index >= 15 is 0 Å². The van der Waals surface area contributed by atoms with Crippen LogP contribution in [0.1, 0.15) is 17.4 Å². The first-order valence-electron chi connectivity index (χ1n) is 5.68. The minimum atomic E-state index is -0.712. The molecule has 0 saturated carbocycles. The van der Waals surface area contributed by atoms with Crippen LogP contribution >= 0.6 is 34.5 Å². The lowest BCUT2D eigenvalue weighted by atomic mass is 10.1. The van der Waals surface area contributed by atoms with Crippen molar-refractivity contribution in [3.05, 3.63) is 57.3 Å². The van der Waals surface area contributed by atoms with Crippen LogP contribution in [0, 0.1) is 0 Å². The van der Waals surface area contributed by atoms with Gasteiger partial charge in [-0.05, 0) is 6.07 Å². The average Bonchev–Trinajstić information content (AvgIpc) is 2.93. The van der Waals surface area contributed by atoms with E-state index < -0.39 is 6.10 Å². The molecule has 0 aliphatic carbocycles. The summed E-state index contributed by atoms with van der Waals surface area (Å²) in [6.07, 6.45) is 3.55. The van der Waals surface area contributed by atoms with Crippen LogP contribution in [0.2, 0.25) is 10.0 Å². The molecular formula is C13H10Cl2N2OS. The second kappa shape index (κ2) is 5.13. The fraction of sp³-hybridized carbons (Fsp3) is 0.154. The van der Waals surface area contributed by atoms with Crippen molar-refractivity contribution in [3.8, 4) is 0 Å². The molecule has 3 nitrogen and oxygen atoms in total. The molecule has 2 heterocycles. The molecule has 19 heavy (non-hydrogen) atoms. The van der Waals surface area contributed by atoms with Gasteiger partial charge < -0.3 is 5.11 Å². The van der Waals surface area contributed by atoms with E-state index in [1.54, 1.807) is 29.5 Å². The maximum Gasteiger partial charge on any atom is 0.193 e. The molecule has 1 aromatic carbocycles. The zero-order valence-corrected chi connectivity index (χ0v) is 12.1. The molecule has 1 atom stereocenters. The number of benzene rings is 1. The van der Waals surface area contributed by atoms with E-state index in [0.29, 0.717) is 22.0 Å². The van der Waals surface area contributed by atoms with E-state index in [-0.39, 0.29) is 0 Å². The summed E-state index contributed by atoms with van der Waals surface area (Å²) in [4.78, 5) is 5.35. The predicted octanol–water partition coefficient (Wildman–Crippen LogP) is 3.98. The summed E-state index contributed by atoms with van der Waals surface area (Å²) in [5.74, 6) is 0. The minimum absolute atomic E-state index is 0.401. The average molecular weight is 313 g/mol. The first kappa shape index (κ1) is 12.9. The number of hydrogen-bond acceptors (Lipinski definition) is 3. The van der Waals surface area contributed by atoms with Crippen LogP contribution in [0.3, 0.4) is 0 Å². The van der Waals surface area contributed by atoms with Crippen molar-refractivity contribution >= 4 is 39.5 Å². The Morgan fingerprint density at radius 2 is 2.21 bits per heavy atom. The van der Waals surface area contributed by atoms with Gasteiger partial charge in [0, 0.05) is 29.8 Å². The largest absolute Gasteiger partial charge is 0.388 e. The Balaban J connectivity index is 1.86. The van der Waals surface area contributed by atoms with Crippen molar-refractivity contribution in [1.29, 1.82) is 0 Å². The summed E-state index contributed by atoms with van der Waals surface area (Å²) in [6, 6.07) is 5.25. The highest BCUT2D eigenvalue weighted by atomic mass is 35.5. The predicted molar refractivity (Wildman–Crippen MR) is 78.2 cm³/mol. The van der Waals surface area contributed by atoms with Crippen LogP contribution in [0.5, 0.6) is 0 Å². The molecule has 0 fully saturated rings. The number of rotatable bonds is 3. The standard InChI is InChI=1S/C13H10Cl2N2OS/c14-10-3-1-2-9(12(10)15)11(18)6-8-7-17-4-5-19-13(17)16-8/h1-5,7,11,18H,6H2. The fourth-order valence-corrected chi connectivity index (χ4v) is 3.11. The summed E-state index contributed by atoms with van der Waals surface area (Å²) in [6.45, 7) is 0. The summed E-state index contributed by atoms with van der Waals surface area (Å²) < 4.78 is 1.94. The Morgan fingerprint density at radius 1 is 1.37 bits per heavy atom. The van der Waals surface area contributed by atoms with Gasteiger partial charge in [-0.15, -0.1) is 11.3 Å². The first-order valence-corrected chi connectivity index (χ1v) is 7.32. The zero-order valence-electron chi connectivity index (χ0n) is 9.75. The molecule has 0 aliphatic heterocycles. The molecular weight excluding hydrogens is 303 g/mol. The van der Waals surface area contributed by atoms with Gasteiger partial charge in [0.1, 0.15) is 0 Å². The second-order valence-corrected chi connectivity index (χ2v) is 5.85. The van der Waals surface area contributed by atoms with Crippen LogP contribution in [-0.2, 0) is 6.42 Å². The molecule has 0 spiro atoms. The third-order valence-electron chi connectivity index (χ3n) is 2.89. The van der Waals surface area contributed by atoms with Crippen molar-refractivity contribution < 1.29 is 5.11 Å². The molecule has 1 N–H and O–H groups in total. The zero-order chi connectivity index (χ0) is 13.4. The van der Waals surface area contributed by atoms with Crippen LogP contribution in [0.4, 0.5) is 0 Å².